The van der Waals surface area contributed by atoms with Gasteiger partial charge < -0.3 is 14.4 Å². The van der Waals surface area contributed by atoms with Gasteiger partial charge in [-0.15, -0.1) is 0 Å². The van der Waals surface area contributed by atoms with Gasteiger partial charge in [0.2, 0.25) is 0 Å². The molecule has 36 heavy (non-hydrogen) atoms. The fraction of sp³-hybridized carbons (Fsp3) is 0.429. The molecule has 8 heteroatoms. The molecule has 1 aromatic heterocycles. The van der Waals surface area contributed by atoms with Crippen LogP contribution < -0.4 is 9.47 Å². The first-order valence-electron chi connectivity index (χ1n) is 12.6. The molecular formula is C28H33FN4O3. The molecule has 5 rings (SSSR count). The molecule has 0 atom stereocenters. The van der Waals surface area contributed by atoms with Gasteiger partial charge in [0.15, 0.2) is 11.6 Å². The average Bonchev–Trinajstić information content (AvgIpc) is 3.31. The highest BCUT2D eigenvalue weighted by molar-refractivity contribution is 5.93. The van der Waals surface area contributed by atoms with Crippen molar-refractivity contribution in [2.45, 2.75) is 37.8 Å². The zero-order chi connectivity index (χ0) is 25.1. The van der Waals surface area contributed by atoms with E-state index in [0.29, 0.717) is 17.5 Å². The third kappa shape index (κ3) is 5.23. The molecule has 0 saturated carbocycles. The Balaban J connectivity index is 1.14. The van der Waals surface area contributed by atoms with Crippen molar-refractivity contribution in [1.29, 1.82) is 0 Å². The summed E-state index contributed by atoms with van der Waals surface area (Å²) in [6.45, 7) is 3.33. The predicted molar refractivity (Wildman–Crippen MR) is 136 cm³/mol. The Morgan fingerprint density at radius 3 is 2.44 bits per heavy atom. The number of hydrogen-bond acceptors (Lipinski definition) is 5. The number of halogens is 1. The van der Waals surface area contributed by atoms with Gasteiger partial charge in [0.25, 0.3) is 5.91 Å². The van der Waals surface area contributed by atoms with E-state index in [1.807, 2.05) is 42.3 Å². The molecule has 1 amide bonds. The number of ether oxygens (including phenoxy) is 2. The summed E-state index contributed by atoms with van der Waals surface area (Å²) >= 11 is 0. The van der Waals surface area contributed by atoms with E-state index < -0.39 is 0 Å². The predicted octanol–water partition coefficient (Wildman–Crippen LogP) is 4.38. The van der Waals surface area contributed by atoms with Crippen LogP contribution in [0.1, 0.15) is 36.2 Å². The molecule has 0 N–H and O–H groups in total. The molecule has 0 unspecified atom stereocenters. The van der Waals surface area contributed by atoms with Crippen molar-refractivity contribution in [1.82, 2.24) is 19.6 Å². The van der Waals surface area contributed by atoms with Gasteiger partial charge in [-0.05, 0) is 56.0 Å². The highest BCUT2D eigenvalue weighted by Crippen LogP contribution is 2.27. The van der Waals surface area contributed by atoms with Gasteiger partial charge in [0.1, 0.15) is 17.5 Å². The van der Waals surface area contributed by atoms with Crippen LogP contribution >= 0.6 is 0 Å². The second kappa shape index (κ2) is 10.7. The third-order valence-corrected chi connectivity index (χ3v) is 7.34. The number of benzene rings is 2. The summed E-state index contributed by atoms with van der Waals surface area (Å²) < 4.78 is 26.8. The maximum atomic E-state index is 13.9. The zero-order valence-electron chi connectivity index (χ0n) is 20.9. The van der Waals surface area contributed by atoms with Crippen LogP contribution in [0.4, 0.5) is 4.39 Å². The van der Waals surface area contributed by atoms with Crippen molar-refractivity contribution in [2.24, 2.45) is 7.05 Å². The van der Waals surface area contributed by atoms with Gasteiger partial charge >= 0.3 is 0 Å². The highest BCUT2D eigenvalue weighted by Gasteiger charge is 2.31. The maximum absolute atomic E-state index is 13.9. The van der Waals surface area contributed by atoms with Gasteiger partial charge in [-0.1, -0.05) is 24.3 Å². The van der Waals surface area contributed by atoms with E-state index in [1.165, 1.54) is 6.07 Å². The molecule has 0 bridgehead atoms. The average molecular weight is 493 g/mol. The molecule has 2 aliphatic rings. The SMILES string of the molecule is COc1cccc(-c2cc(C(=O)N3CCC(N4CCC(Oc5ccccc5F)CC4)CC3)n(C)n2)c1. The monoisotopic (exact) mass is 492 g/mol. The van der Waals surface area contributed by atoms with E-state index in [1.54, 1.807) is 30.0 Å². The third-order valence-electron chi connectivity index (χ3n) is 7.34. The lowest BCUT2D eigenvalue weighted by Crippen LogP contribution is -2.50. The number of likely N-dealkylation sites (tertiary alicyclic amines) is 2. The van der Waals surface area contributed by atoms with Gasteiger partial charge in [0, 0.05) is 44.8 Å². The quantitative estimate of drug-likeness (QED) is 0.511. The number of piperidine rings is 2. The van der Waals surface area contributed by atoms with Crippen molar-refractivity contribution >= 4 is 5.91 Å². The number of methoxy groups -OCH3 is 1. The lowest BCUT2D eigenvalue weighted by Gasteiger charge is -2.41. The molecule has 0 spiro atoms. The summed E-state index contributed by atoms with van der Waals surface area (Å²) in [6, 6.07) is 16.6. The Morgan fingerprint density at radius 2 is 1.72 bits per heavy atom. The number of carbonyl (C=O) groups excluding carboxylic acids is 1. The summed E-state index contributed by atoms with van der Waals surface area (Å²) in [5, 5.41) is 4.57. The molecule has 3 aromatic rings. The number of nitrogens with zero attached hydrogens (tertiary/aromatic N) is 4. The fourth-order valence-corrected chi connectivity index (χ4v) is 5.27. The van der Waals surface area contributed by atoms with Crippen LogP contribution in [0, 0.1) is 5.82 Å². The second-order valence-corrected chi connectivity index (χ2v) is 9.58. The van der Waals surface area contributed by atoms with E-state index >= 15 is 0 Å². The molecule has 0 radical (unpaired) electrons. The van der Waals surface area contributed by atoms with Crippen LogP contribution in [0.2, 0.25) is 0 Å². The second-order valence-electron chi connectivity index (χ2n) is 9.58. The molecule has 7 nitrogen and oxygen atoms in total. The summed E-state index contributed by atoms with van der Waals surface area (Å²) in [6.07, 6.45) is 3.71. The van der Waals surface area contributed by atoms with Crippen LogP contribution in [0.25, 0.3) is 11.3 Å². The first kappa shape index (κ1) is 24.3. The van der Waals surface area contributed by atoms with Crippen LogP contribution in [0.3, 0.4) is 0 Å². The number of rotatable bonds is 6. The van der Waals surface area contributed by atoms with Crippen LogP contribution in [0.15, 0.2) is 54.6 Å². The van der Waals surface area contributed by atoms with Crippen LogP contribution in [-0.2, 0) is 7.05 Å². The Bertz CT molecular complexity index is 1200. The first-order chi connectivity index (χ1) is 17.5. The summed E-state index contributed by atoms with van der Waals surface area (Å²) in [5.41, 5.74) is 2.28. The minimum Gasteiger partial charge on any atom is -0.497 e. The van der Waals surface area contributed by atoms with Crippen molar-refractivity contribution in [3.05, 3.63) is 66.1 Å². The molecule has 0 aliphatic carbocycles. The van der Waals surface area contributed by atoms with E-state index in [2.05, 4.69) is 10.00 Å². The molecule has 2 saturated heterocycles. The lowest BCUT2D eigenvalue weighted by molar-refractivity contribution is 0.0412. The topological polar surface area (TPSA) is 59.8 Å². The van der Waals surface area contributed by atoms with E-state index in [4.69, 9.17) is 9.47 Å². The fourth-order valence-electron chi connectivity index (χ4n) is 5.27. The summed E-state index contributed by atoms with van der Waals surface area (Å²) in [7, 11) is 3.45. The molecule has 190 valence electrons. The summed E-state index contributed by atoms with van der Waals surface area (Å²) in [5.74, 6) is 0.819. The van der Waals surface area contributed by atoms with E-state index in [0.717, 1.165) is 68.9 Å². The van der Waals surface area contributed by atoms with E-state index in [9.17, 15) is 9.18 Å². The highest BCUT2D eigenvalue weighted by atomic mass is 19.1. The molecule has 3 heterocycles. The summed E-state index contributed by atoms with van der Waals surface area (Å²) in [4.78, 5) is 17.7. The van der Waals surface area contributed by atoms with Gasteiger partial charge in [-0.2, -0.15) is 5.10 Å². The normalized spacial score (nSPS) is 17.8. The van der Waals surface area contributed by atoms with Gasteiger partial charge in [-0.3, -0.25) is 14.4 Å². The molecule has 2 aromatic carbocycles. The number of carbonyl (C=O) groups is 1. The van der Waals surface area contributed by atoms with Crippen LogP contribution in [-0.4, -0.2) is 70.9 Å². The maximum Gasteiger partial charge on any atom is 0.272 e. The zero-order valence-corrected chi connectivity index (χ0v) is 20.9. The number of hydrogen-bond donors (Lipinski definition) is 0. The van der Waals surface area contributed by atoms with Crippen LogP contribution in [0.5, 0.6) is 11.5 Å². The molecule has 2 fully saturated rings. The Kier molecular flexibility index (Phi) is 7.23. The minimum absolute atomic E-state index is 0.0228. The molecule has 2 aliphatic heterocycles. The van der Waals surface area contributed by atoms with E-state index in [-0.39, 0.29) is 17.8 Å². The number of para-hydroxylation sites is 1. The minimum atomic E-state index is -0.305. The van der Waals surface area contributed by atoms with Gasteiger partial charge in [-0.25, -0.2) is 4.39 Å². The lowest BCUT2D eigenvalue weighted by atomic mass is 9.98. The first-order valence-corrected chi connectivity index (χ1v) is 12.6. The number of amides is 1. The van der Waals surface area contributed by atoms with Gasteiger partial charge in [0.05, 0.1) is 12.8 Å². The largest absolute Gasteiger partial charge is 0.497 e. The number of aryl methyl sites for hydroxylation is 1. The molecular weight excluding hydrogens is 459 g/mol. The Morgan fingerprint density at radius 1 is 0.972 bits per heavy atom. The van der Waals surface area contributed by atoms with Crippen molar-refractivity contribution in [2.75, 3.05) is 33.3 Å². The standard InChI is InChI=1S/C28H33FN4O3/c1-31-26(19-25(30-31)20-6-5-7-23(18-20)35-2)28(34)33-14-10-21(11-15-33)32-16-12-22(13-17-32)36-27-9-4-3-8-24(27)29/h3-9,18-19,21-22H,10-17H2,1-2H3. The van der Waals surface area contributed by atoms with Crippen molar-refractivity contribution < 1.29 is 18.7 Å². The number of aromatic nitrogens is 2. The van der Waals surface area contributed by atoms with Crippen molar-refractivity contribution in [3.8, 4) is 22.8 Å². The van der Waals surface area contributed by atoms with Crippen molar-refractivity contribution in [3.63, 3.8) is 0 Å². The Labute approximate surface area is 211 Å². The Hall–Kier alpha value is -3.39. The smallest absolute Gasteiger partial charge is 0.272 e.